The second kappa shape index (κ2) is 8.55. The van der Waals surface area contributed by atoms with Gasteiger partial charge in [-0.3, -0.25) is 9.58 Å². The molecule has 34 heavy (non-hydrogen) atoms. The summed E-state index contributed by atoms with van der Waals surface area (Å²) in [6, 6.07) is 19.0. The fourth-order valence-corrected chi connectivity index (χ4v) is 4.79. The Kier molecular flexibility index (Phi) is 5.24. The van der Waals surface area contributed by atoms with Crippen LogP contribution in [0.3, 0.4) is 0 Å². The number of nitrogens with two attached hydrogens (primary N) is 1. The van der Waals surface area contributed by atoms with Crippen LogP contribution in [0.25, 0.3) is 27.5 Å². The summed E-state index contributed by atoms with van der Waals surface area (Å²) < 4.78 is 3.95. The number of hydrogen-bond donors (Lipinski definition) is 1. The number of likely N-dealkylation sites (N-methyl/N-ethyl adjacent to an activating group) is 1. The zero-order chi connectivity index (χ0) is 23.1. The third-order valence-corrected chi connectivity index (χ3v) is 6.69. The molecule has 0 spiro atoms. The van der Waals surface area contributed by atoms with Crippen molar-refractivity contribution in [1.82, 2.24) is 34.2 Å². The summed E-state index contributed by atoms with van der Waals surface area (Å²) in [5.74, 6) is 0.490. The number of benzene rings is 2. The summed E-state index contributed by atoms with van der Waals surface area (Å²) in [4.78, 5) is 9.12. The molecule has 0 bridgehead atoms. The lowest BCUT2D eigenvalue weighted by molar-refractivity contribution is 0.146. The molecular formula is C26H28N8. The number of aromatic nitrogens is 5. The Labute approximate surface area is 198 Å². The van der Waals surface area contributed by atoms with E-state index in [1.165, 1.54) is 11.9 Å². The number of fused-ring (bicyclic) bond motifs is 2. The number of nitrogen functional groups attached to an aromatic ring is 1. The molecule has 1 fully saturated rings. The molecule has 1 aliphatic heterocycles. The van der Waals surface area contributed by atoms with Crippen molar-refractivity contribution in [3.8, 4) is 11.1 Å². The molecule has 0 aliphatic carbocycles. The third kappa shape index (κ3) is 3.91. The number of rotatable bonds is 5. The van der Waals surface area contributed by atoms with E-state index in [4.69, 9.17) is 10.8 Å². The monoisotopic (exact) mass is 452 g/mol. The Morgan fingerprint density at radius 3 is 2.59 bits per heavy atom. The topological polar surface area (TPSA) is 80.5 Å². The molecule has 172 valence electrons. The van der Waals surface area contributed by atoms with Crippen LogP contribution in [0.5, 0.6) is 0 Å². The fourth-order valence-electron chi connectivity index (χ4n) is 4.79. The van der Waals surface area contributed by atoms with Gasteiger partial charge in [-0.05, 0) is 30.3 Å². The van der Waals surface area contributed by atoms with Crippen LogP contribution in [0.1, 0.15) is 11.3 Å². The van der Waals surface area contributed by atoms with Gasteiger partial charge in [-0.2, -0.15) is 10.2 Å². The van der Waals surface area contributed by atoms with Crippen LogP contribution in [-0.2, 0) is 13.1 Å². The van der Waals surface area contributed by atoms with Gasteiger partial charge in [0, 0.05) is 49.9 Å². The van der Waals surface area contributed by atoms with Gasteiger partial charge >= 0.3 is 0 Å². The van der Waals surface area contributed by atoms with Gasteiger partial charge in [0.25, 0.3) is 0 Å². The van der Waals surface area contributed by atoms with Gasteiger partial charge in [0.2, 0.25) is 0 Å². The second-order valence-corrected chi connectivity index (χ2v) is 9.12. The molecule has 0 atom stereocenters. The van der Waals surface area contributed by atoms with Crippen molar-refractivity contribution >= 4 is 22.2 Å². The third-order valence-electron chi connectivity index (χ3n) is 6.69. The van der Waals surface area contributed by atoms with Crippen molar-refractivity contribution < 1.29 is 0 Å². The minimum Gasteiger partial charge on any atom is -0.382 e. The lowest BCUT2D eigenvalue weighted by Crippen LogP contribution is -2.44. The molecule has 3 aromatic heterocycles. The minimum atomic E-state index is 0.490. The Balaban J connectivity index is 1.36. The SMILES string of the molecule is CN1CCN(Cc2cc(-c3ccc4cn(Cc5ccccc5)nc4c3)c3c(N)ncnn23)CC1. The number of piperazine rings is 1. The largest absolute Gasteiger partial charge is 0.382 e. The Morgan fingerprint density at radius 2 is 1.76 bits per heavy atom. The summed E-state index contributed by atoms with van der Waals surface area (Å²) in [6.07, 6.45) is 3.63. The van der Waals surface area contributed by atoms with Gasteiger partial charge in [0.15, 0.2) is 5.82 Å². The maximum atomic E-state index is 6.35. The molecular weight excluding hydrogens is 424 g/mol. The standard InChI is InChI=1S/C26H28N8/c1-31-9-11-32(12-10-31)17-22-14-23(25-26(27)28-18-29-34(22)25)20-7-8-21-16-33(30-24(21)13-20)15-19-5-3-2-4-6-19/h2-8,13-14,16,18H,9-12,15,17H2,1H3,(H2,27,28,29). The summed E-state index contributed by atoms with van der Waals surface area (Å²) >= 11 is 0. The van der Waals surface area contributed by atoms with Crippen molar-refractivity contribution in [2.75, 3.05) is 39.0 Å². The van der Waals surface area contributed by atoms with Crippen LogP contribution in [0.2, 0.25) is 0 Å². The minimum absolute atomic E-state index is 0.490. The van der Waals surface area contributed by atoms with Crippen molar-refractivity contribution in [3.63, 3.8) is 0 Å². The molecule has 0 radical (unpaired) electrons. The van der Waals surface area contributed by atoms with Crippen LogP contribution in [0.15, 0.2) is 67.1 Å². The zero-order valence-corrected chi connectivity index (χ0v) is 19.3. The van der Waals surface area contributed by atoms with Crippen LogP contribution in [0, 0.1) is 0 Å². The molecule has 1 aliphatic rings. The van der Waals surface area contributed by atoms with E-state index in [9.17, 15) is 0 Å². The first-order valence-corrected chi connectivity index (χ1v) is 11.7. The van der Waals surface area contributed by atoms with Crippen molar-refractivity contribution in [3.05, 3.63) is 78.4 Å². The summed E-state index contributed by atoms with van der Waals surface area (Å²) in [5, 5.41) is 10.5. The Hall–Kier alpha value is -3.75. The molecule has 0 saturated carbocycles. The molecule has 6 rings (SSSR count). The number of hydrogen-bond acceptors (Lipinski definition) is 6. The van der Waals surface area contributed by atoms with E-state index < -0.39 is 0 Å². The summed E-state index contributed by atoms with van der Waals surface area (Å²) in [6.45, 7) is 5.83. The molecule has 0 amide bonds. The fraction of sp³-hybridized carbons (Fsp3) is 0.269. The van der Waals surface area contributed by atoms with E-state index in [1.807, 2.05) is 15.3 Å². The second-order valence-electron chi connectivity index (χ2n) is 9.12. The van der Waals surface area contributed by atoms with Crippen molar-refractivity contribution in [1.29, 1.82) is 0 Å². The first-order chi connectivity index (χ1) is 16.6. The van der Waals surface area contributed by atoms with E-state index in [0.29, 0.717) is 5.82 Å². The van der Waals surface area contributed by atoms with Gasteiger partial charge in [0.05, 0.1) is 17.8 Å². The van der Waals surface area contributed by atoms with Gasteiger partial charge in [0.1, 0.15) is 11.8 Å². The molecule has 0 unspecified atom stereocenters. The summed E-state index contributed by atoms with van der Waals surface area (Å²) in [7, 11) is 2.17. The Bertz CT molecular complexity index is 1440. The van der Waals surface area contributed by atoms with E-state index in [2.05, 4.69) is 81.7 Å². The number of anilines is 1. The molecule has 1 saturated heterocycles. The van der Waals surface area contributed by atoms with Crippen LogP contribution >= 0.6 is 0 Å². The molecule has 8 heteroatoms. The summed E-state index contributed by atoms with van der Waals surface area (Å²) in [5.41, 5.74) is 12.6. The average molecular weight is 453 g/mol. The van der Waals surface area contributed by atoms with Crippen molar-refractivity contribution in [2.24, 2.45) is 0 Å². The van der Waals surface area contributed by atoms with E-state index in [1.54, 1.807) is 0 Å². The van der Waals surface area contributed by atoms with Crippen LogP contribution in [-0.4, -0.2) is 67.4 Å². The normalized spacial score (nSPS) is 15.4. The molecule has 4 heterocycles. The molecule has 2 aromatic carbocycles. The van der Waals surface area contributed by atoms with Crippen molar-refractivity contribution in [2.45, 2.75) is 13.1 Å². The van der Waals surface area contributed by atoms with E-state index >= 15 is 0 Å². The van der Waals surface area contributed by atoms with Crippen LogP contribution in [0.4, 0.5) is 5.82 Å². The van der Waals surface area contributed by atoms with Gasteiger partial charge < -0.3 is 10.6 Å². The highest BCUT2D eigenvalue weighted by molar-refractivity contribution is 5.92. The first-order valence-electron chi connectivity index (χ1n) is 11.7. The number of nitrogens with zero attached hydrogens (tertiary/aromatic N) is 7. The predicted octanol–water partition coefficient (Wildman–Crippen LogP) is 3.12. The molecule has 8 nitrogen and oxygen atoms in total. The highest BCUT2D eigenvalue weighted by Gasteiger charge is 2.20. The van der Waals surface area contributed by atoms with Gasteiger partial charge in [-0.1, -0.05) is 42.5 Å². The first kappa shape index (κ1) is 20.8. The quantitative estimate of drug-likeness (QED) is 0.441. The van der Waals surface area contributed by atoms with E-state index in [0.717, 1.165) is 72.5 Å². The van der Waals surface area contributed by atoms with E-state index in [-0.39, 0.29) is 0 Å². The predicted molar refractivity (Wildman–Crippen MR) is 134 cm³/mol. The highest BCUT2D eigenvalue weighted by atomic mass is 15.3. The zero-order valence-electron chi connectivity index (χ0n) is 19.3. The molecule has 2 N–H and O–H groups in total. The highest BCUT2D eigenvalue weighted by Crippen LogP contribution is 2.32. The Morgan fingerprint density at radius 1 is 0.941 bits per heavy atom. The van der Waals surface area contributed by atoms with Gasteiger partial charge in [-0.15, -0.1) is 0 Å². The van der Waals surface area contributed by atoms with Gasteiger partial charge in [-0.25, -0.2) is 9.50 Å². The van der Waals surface area contributed by atoms with Crippen LogP contribution < -0.4 is 5.73 Å². The molecule has 5 aromatic rings. The lowest BCUT2D eigenvalue weighted by Gasteiger charge is -2.32. The maximum Gasteiger partial charge on any atom is 0.151 e. The average Bonchev–Trinajstić information content (AvgIpc) is 3.42. The lowest BCUT2D eigenvalue weighted by atomic mass is 10.1. The smallest absolute Gasteiger partial charge is 0.151 e. The maximum absolute atomic E-state index is 6.35.